The minimum atomic E-state index is -5.25. The number of aliphatic hydroxyl groups excluding tert-OH is 4. The molecule has 0 saturated carbocycles. The van der Waals surface area contributed by atoms with Crippen molar-refractivity contribution in [2.75, 3.05) is 25.1 Å². The molecular weight excluding hydrogens is 602 g/mol. The van der Waals surface area contributed by atoms with Crippen molar-refractivity contribution in [3.05, 3.63) is 48.5 Å². The first-order valence-corrected chi connectivity index (χ1v) is 15.7. The molecule has 2 aromatic heterocycles. The number of rotatable bonds is 12. The lowest BCUT2D eigenvalue weighted by atomic mass is 10.1. The number of ether oxygens (including phenoxy) is 1. The summed E-state index contributed by atoms with van der Waals surface area (Å²) in [7, 11) is -10.4. The van der Waals surface area contributed by atoms with Crippen LogP contribution in [0.15, 0.2) is 43.0 Å². The molecule has 3 aromatic rings. The highest BCUT2D eigenvalue weighted by molar-refractivity contribution is 7.61. The SMILES string of the molecule is O=P(O)(OC[C@H]1NC[C@H](O)[C@@H]1O)OP(=O)(O)OC[C@H]1O[C@@H](n2cnc3c(NCc4ccccc4)ncnc32)[C@H](O)[C@@H]1O. The van der Waals surface area contributed by atoms with Crippen LogP contribution in [0.2, 0.25) is 0 Å². The Morgan fingerprint density at radius 3 is 2.38 bits per heavy atom. The third kappa shape index (κ3) is 7.03. The zero-order chi connectivity index (χ0) is 30.1. The summed E-state index contributed by atoms with van der Waals surface area (Å²) in [5.74, 6) is 0.416. The fraction of sp³-hybridized carbons (Fsp3) is 0.500. The fourth-order valence-corrected chi connectivity index (χ4v) is 6.61. The van der Waals surface area contributed by atoms with E-state index in [9.17, 15) is 39.3 Å². The maximum atomic E-state index is 12.3. The number of nitrogens with one attached hydrogen (secondary N) is 2. The highest BCUT2D eigenvalue weighted by Crippen LogP contribution is 2.60. The molecule has 1 aromatic carbocycles. The second kappa shape index (κ2) is 12.7. The fourth-order valence-electron chi connectivity index (χ4n) is 4.50. The lowest BCUT2D eigenvalue weighted by molar-refractivity contribution is -0.0504. The Morgan fingerprint density at radius 2 is 1.69 bits per heavy atom. The van der Waals surface area contributed by atoms with Crippen molar-refractivity contribution in [3.8, 4) is 0 Å². The van der Waals surface area contributed by atoms with E-state index in [1.165, 1.54) is 17.2 Å². The Kier molecular flexibility index (Phi) is 9.36. The largest absolute Gasteiger partial charge is 0.481 e. The summed E-state index contributed by atoms with van der Waals surface area (Å²) < 4.78 is 45.1. The van der Waals surface area contributed by atoms with Crippen LogP contribution in [0.3, 0.4) is 0 Å². The van der Waals surface area contributed by atoms with E-state index in [2.05, 4.69) is 34.4 Å². The van der Waals surface area contributed by atoms with Crippen LogP contribution in [0, 0.1) is 0 Å². The number of β-amino-alcohol motifs (C(OH)–C–C–N with tert-alkyl or cyclic N) is 1. The van der Waals surface area contributed by atoms with Gasteiger partial charge in [-0.2, -0.15) is 4.31 Å². The first-order chi connectivity index (χ1) is 19.9. The number of imidazole rings is 1. The van der Waals surface area contributed by atoms with Crippen LogP contribution in [0.5, 0.6) is 0 Å². The van der Waals surface area contributed by atoms with Crippen molar-refractivity contribution >= 4 is 32.6 Å². The van der Waals surface area contributed by atoms with Crippen molar-refractivity contribution in [1.29, 1.82) is 0 Å². The molecule has 0 amide bonds. The molecule has 20 heteroatoms. The van der Waals surface area contributed by atoms with E-state index in [-0.39, 0.29) is 12.2 Å². The second-order valence-electron chi connectivity index (χ2n) is 9.61. The van der Waals surface area contributed by atoms with E-state index in [4.69, 9.17) is 9.26 Å². The van der Waals surface area contributed by atoms with E-state index < -0.39 is 71.6 Å². The molecule has 18 nitrogen and oxygen atoms in total. The molecule has 2 aliphatic heterocycles. The normalized spacial score (nSPS) is 30.8. The molecule has 230 valence electrons. The molecule has 2 fully saturated rings. The van der Waals surface area contributed by atoms with Crippen molar-refractivity contribution in [2.45, 2.75) is 49.3 Å². The highest BCUT2D eigenvalue weighted by Gasteiger charge is 2.46. The smallest absolute Gasteiger partial charge is 0.389 e. The summed E-state index contributed by atoms with van der Waals surface area (Å²) in [6.07, 6.45) is -5.56. The van der Waals surface area contributed by atoms with Gasteiger partial charge in [-0.05, 0) is 5.56 Å². The molecule has 2 aliphatic rings. The summed E-state index contributed by atoms with van der Waals surface area (Å²) in [6.45, 7) is -0.991. The lowest BCUT2D eigenvalue weighted by Crippen LogP contribution is -2.36. The summed E-state index contributed by atoms with van der Waals surface area (Å²) in [5.41, 5.74) is 1.63. The van der Waals surface area contributed by atoms with E-state index in [1.807, 2.05) is 30.3 Å². The summed E-state index contributed by atoms with van der Waals surface area (Å²) in [6, 6.07) is 8.64. The molecule has 42 heavy (non-hydrogen) atoms. The van der Waals surface area contributed by atoms with E-state index in [0.717, 1.165) is 5.56 Å². The predicted molar refractivity (Wildman–Crippen MR) is 141 cm³/mol. The van der Waals surface area contributed by atoms with E-state index >= 15 is 0 Å². The quantitative estimate of drug-likeness (QED) is 0.111. The molecule has 8 N–H and O–H groups in total. The predicted octanol–water partition coefficient (Wildman–Crippen LogP) is -0.998. The van der Waals surface area contributed by atoms with Gasteiger partial charge in [-0.1, -0.05) is 30.3 Å². The van der Waals surface area contributed by atoms with Gasteiger partial charge >= 0.3 is 15.6 Å². The Balaban J connectivity index is 1.19. The average Bonchev–Trinajstić information content (AvgIpc) is 3.61. The Bertz CT molecular complexity index is 1470. The molecular formula is C22H30N6O12P2. The lowest BCUT2D eigenvalue weighted by Gasteiger charge is -2.21. The molecule has 0 bridgehead atoms. The van der Waals surface area contributed by atoms with Crippen LogP contribution in [0.4, 0.5) is 5.82 Å². The van der Waals surface area contributed by atoms with Gasteiger partial charge < -0.3 is 45.6 Å². The molecule has 0 spiro atoms. The van der Waals surface area contributed by atoms with Crippen molar-refractivity contribution in [3.63, 3.8) is 0 Å². The number of hydrogen-bond donors (Lipinski definition) is 8. The Hall–Kier alpha value is -2.41. The van der Waals surface area contributed by atoms with Gasteiger partial charge in [-0.3, -0.25) is 13.6 Å². The number of hydrogen-bond acceptors (Lipinski definition) is 15. The van der Waals surface area contributed by atoms with Gasteiger partial charge in [0, 0.05) is 13.1 Å². The topological polar surface area (TPSA) is 260 Å². The third-order valence-corrected chi connectivity index (χ3v) is 9.30. The minimum absolute atomic E-state index is 0.0120. The Morgan fingerprint density at radius 1 is 0.976 bits per heavy atom. The minimum Gasteiger partial charge on any atom is -0.389 e. The van der Waals surface area contributed by atoms with E-state index in [0.29, 0.717) is 17.9 Å². The van der Waals surface area contributed by atoms with Crippen LogP contribution in [0.1, 0.15) is 11.8 Å². The van der Waals surface area contributed by atoms with Gasteiger partial charge in [-0.15, -0.1) is 0 Å². The molecule has 5 rings (SSSR count). The van der Waals surface area contributed by atoms with Crippen LogP contribution >= 0.6 is 15.6 Å². The monoisotopic (exact) mass is 632 g/mol. The molecule has 9 atom stereocenters. The van der Waals surface area contributed by atoms with Crippen LogP contribution in [0.25, 0.3) is 11.2 Å². The first kappa shape index (κ1) is 31.0. The maximum absolute atomic E-state index is 12.3. The first-order valence-electron chi connectivity index (χ1n) is 12.7. The number of aromatic nitrogens is 4. The number of nitrogens with zero attached hydrogens (tertiary/aromatic N) is 4. The molecule has 0 radical (unpaired) electrons. The van der Waals surface area contributed by atoms with Crippen LogP contribution < -0.4 is 10.6 Å². The molecule has 2 saturated heterocycles. The van der Waals surface area contributed by atoms with Gasteiger partial charge in [0.1, 0.15) is 24.6 Å². The van der Waals surface area contributed by atoms with Gasteiger partial charge in [0.2, 0.25) is 0 Å². The number of anilines is 1. The Labute approximate surface area is 238 Å². The van der Waals surface area contributed by atoms with Crippen molar-refractivity contribution < 1.29 is 57.4 Å². The van der Waals surface area contributed by atoms with Gasteiger partial charge in [0.25, 0.3) is 0 Å². The van der Waals surface area contributed by atoms with Crippen molar-refractivity contribution in [1.82, 2.24) is 24.8 Å². The standard InChI is InChI=1S/C22H30N6O12P2/c29-14-7-23-13(17(14)30)8-37-41(33,34)40-42(35,36)38-9-15-18(31)19(32)22(39-15)28-11-27-16-20(25-10-26-21(16)28)24-6-12-4-2-1-3-5-12/h1-5,10-11,13-15,17-19,22-23,29-32H,6-9H2,(H,33,34)(H,35,36)(H,24,25,26)/t13-,14+,15-,17-,18-,19-,22-/m1/s1. The highest BCUT2D eigenvalue weighted by atomic mass is 31.3. The maximum Gasteiger partial charge on any atom is 0.481 e. The number of fused-ring (bicyclic) bond motifs is 1. The number of phosphoric ester groups is 2. The summed E-state index contributed by atoms with van der Waals surface area (Å²) >= 11 is 0. The molecule has 0 aliphatic carbocycles. The van der Waals surface area contributed by atoms with Gasteiger partial charge in [0.15, 0.2) is 23.2 Å². The zero-order valence-electron chi connectivity index (χ0n) is 21.7. The van der Waals surface area contributed by atoms with E-state index in [1.54, 1.807) is 0 Å². The molecule has 4 heterocycles. The van der Waals surface area contributed by atoms with Gasteiger partial charge in [0.05, 0.1) is 37.8 Å². The van der Waals surface area contributed by atoms with Crippen molar-refractivity contribution in [2.24, 2.45) is 0 Å². The number of benzene rings is 1. The third-order valence-electron chi connectivity index (χ3n) is 6.69. The molecule has 2 unspecified atom stereocenters. The van der Waals surface area contributed by atoms with Gasteiger partial charge in [-0.25, -0.2) is 24.1 Å². The van der Waals surface area contributed by atoms with Crippen LogP contribution in [-0.2, 0) is 33.8 Å². The summed E-state index contributed by atoms with van der Waals surface area (Å²) in [5, 5.41) is 46.3. The summed E-state index contributed by atoms with van der Waals surface area (Å²) in [4.78, 5) is 32.5. The number of aliphatic hydroxyl groups is 4. The number of phosphoric acid groups is 2. The zero-order valence-corrected chi connectivity index (χ0v) is 23.5. The average molecular weight is 632 g/mol. The van der Waals surface area contributed by atoms with Crippen LogP contribution in [-0.4, -0.2) is 106 Å². The second-order valence-corrected chi connectivity index (χ2v) is 12.7.